The van der Waals surface area contributed by atoms with Crippen LogP contribution < -0.4 is 10.1 Å². The third kappa shape index (κ3) is 4.71. The minimum Gasteiger partial charge on any atom is -0.494 e. The molecule has 0 heterocycles. The number of amides is 1. The summed E-state index contributed by atoms with van der Waals surface area (Å²) in [7, 11) is 1.39. The summed E-state index contributed by atoms with van der Waals surface area (Å²) in [6, 6.07) is 4.17. The van der Waals surface area contributed by atoms with Crippen LogP contribution in [-0.4, -0.2) is 30.8 Å². The average molecular weight is 267 g/mol. The normalized spacial score (nSPS) is 12.4. The molecule has 0 aliphatic rings. The van der Waals surface area contributed by atoms with E-state index in [1.165, 1.54) is 31.4 Å². The number of rotatable bonds is 6. The Morgan fingerprint density at radius 3 is 2.84 bits per heavy atom. The number of hydrogen-bond acceptors (Lipinski definition) is 3. The molecule has 19 heavy (non-hydrogen) atoms. The Morgan fingerprint density at radius 1 is 1.58 bits per heavy atom. The largest absolute Gasteiger partial charge is 0.494 e. The maximum absolute atomic E-state index is 13.4. The molecule has 0 saturated carbocycles. The Balaban J connectivity index is 2.66. The molecule has 0 spiro atoms. The number of carbonyl (C=O) groups is 1. The number of carbonyl (C=O) groups excluding carboxylic acids is 1. The van der Waals surface area contributed by atoms with Gasteiger partial charge in [-0.3, -0.25) is 4.79 Å². The van der Waals surface area contributed by atoms with Crippen LogP contribution in [0.5, 0.6) is 5.75 Å². The summed E-state index contributed by atoms with van der Waals surface area (Å²) >= 11 is 0. The zero-order valence-corrected chi connectivity index (χ0v) is 11.0. The van der Waals surface area contributed by atoms with Gasteiger partial charge in [0.1, 0.15) is 0 Å². The second-order valence-corrected chi connectivity index (χ2v) is 4.02. The van der Waals surface area contributed by atoms with Gasteiger partial charge in [-0.05, 0) is 30.2 Å². The molecule has 1 aromatic carbocycles. The second-order valence-electron chi connectivity index (χ2n) is 4.02. The Bertz CT molecular complexity index is 456. The van der Waals surface area contributed by atoms with Crippen molar-refractivity contribution in [3.63, 3.8) is 0 Å². The molecule has 1 atom stereocenters. The van der Waals surface area contributed by atoms with E-state index in [0.717, 1.165) is 0 Å². The smallest absolute Gasteiger partial charge is 0.244 e. The van der Waals surface area contributed by atoms with Crippen molar-refractivity contribution >= 4 is 12.0 Å². The van der Waals surface area contributed by atoms with Crippen LogP contribution in [0.25, 0.3) is 6.08 Å². The molecule has 0 bridgehead atoms. The lowest BCUT2D eigenvalue weighted by molar-refractivity contribution is -0.117. The minimum absolute atomic E-state index is 0.104. The predicted molar refractivity (Wildman–Crippen MR) is 71.3 cm³/mol. The van der Waals surface area contributed by atoms with E-state index in [0.29, 0.717) is 12.0 Å². The first-order chi connectivity index (χ1) is 9.10. The molecule has 0 aliphatic heterocycles. The van der Waals surface area contributed by atoms with Gasteiger partial charge in [0.05, 0.1) is 19.8 Å². The lowest BCUT2D eigenvalue weighted by atomic mass is 10.2. The molecular weight excluding hydrogens is 249 g/mol. The lowest BCUT2D eigenvalue weighted by Gasteiger charge is -2.11. The van der Waals surface area contributed by atoms with Gasteiger partial charge in [-0.15, -0.1) is 0 Å². The summed E-state index contributed by atoms with van der Waals surface area (Å²) in [6.07, 6.45) is 3.45. The molecule has 0 aromatic heterocycles. The van der Waals surface area contributed by atoms with Crippen LogP contribution in [0.15, 0.2) is 24.3 Å². The van der Waals surface area contributed by atoms with E-state index in [1.54, 1.807) is 6.07 Å². The number of aliphatic hydroxyl groups excluding tert-OH is 1. The number of aliphatic hydroxyl groups is 1. The zero-order valence-electron chi connectivity index (χ0n) is 11.0. The fourth-order valence-electron chi connectivity index (χ4n) is 1.48. The highest BCUT2D eigenvalue weighted by Gasteiger charge is 2.06. The van der Waals surface area contributed by atoms with E-state index < -0.39 is 5.82 Å². The van der Waals surface area contributed by atoms with Crippen LogP contribution in [0.4, 0.5) is 4.39 Å². The standard InChI is InChI=1S/C14H18FNO3/c1-3-11(9-17)16-14(18)7-5-10-4-6-13(19-2)12(15)8-10/h4-8,11,17H,3,9H2,1-2H3,(H,16,18)/b7-5+/t11-/m1/s1. The summed E-state index contributed by atoms with van der Waals surface area (Å²) < 4.78 is 18.2. The molecule has 0 fully saturated rings. The Labute approximate surface area is 111 Å². The number of hydrogen-bond donors (Lipinski definition) is 2. The SMILES string of the molecule is CC[C@H](CO)NC(=O)/C=C/c1ccc(OC)c(F)c1. The molecule has 1 aromatic rings. The van der Waals surface area contributed by atoms with Crippen molar-refractivity contribution in [3.05, 3.63) is 35.7 Å². The van der Waals surface area contributed by atoms with Crippen molar-refractivity contribution in [2.45, 2.75) is 19.4 Å². The van der Waals surface area contributed by atoms with Crippen molar-refractivity contribution in [2.75, 3.05) is 13.7 Å². The fraction of sp³-hybridized carbons (Fsp3) is 0.357. The Kier molecular flexibility index (Phi) is 6.02. The molecule has 0 saturated heterocycles. The highest BCUT2D eigenvalue weighted by atomic mass is 19.1. The van der Waals surface area contributed by atoms with Crippen LogP contribution in [0.1, 0.15) is 18.9 Å². The summed E-state index contributed by atoms with van der Waals surface area (Å²) in [6.45, 7) is 1.76. The molecule has 104 valence electrons. The van der Waals surface area contributed by atoms with Gasteiger partial charge in [0.25, 0.3) is 0 Å². The van der Waals surface area contributed by atoms with E-state index in [4.69, 9.17) is 9.84 Å². The molecule has 0 unspecified atom stereocenters. The third-order valence-corrected chi connectivity index (χ3v) is 2.66. The third-order valence-electron chi connectivity index (χ3n) is 2.66. The summed E-state index contributed by atoms with van der Waals surface area (Å²) in [5.41, 5.74) is 0.561. The summed E-state index contributed by atoms with van der Waals surface area (Å²) in [4.78, 5) is 11.5. The van der Waals surface area contributed by atoms with Gasteiger partial charge in [-0.25, -0.2) is 4.39 Å². The fourth-order valence-corrected chi connectivity index (χ4v) is 1.48. The maximum atomic E-state index is 13.4. The Hall–Kier alpha value is -1.88. The average Bonchev–Trinajstić information content (AvgIpc) is 2.42. The van der Waals surface area contributed by atoms with Gasteiger partial charge in [0, 0.05) is 6.08 Å². The highest BCUT2D eigenvalue weighted by molar-refractivity contribution is 5.91. The van der Waals surface area contributed by atoms with Crippen molar-refractivity contribution < 1.29 is 19.0 Å². The number of halogens is 1. The van der Waals surface area contributed by atoms with Gasteiger partial charge >= 0.3 is 0 Å². The molecule has 1 amide bonds. The molecular formula is C14H18FNO3. The van der Waals surface area contributed by atoms with E-state index in [2.05, 4.69) is 5.32 Å². The van der Waals surface area contributed by atoms with E-state index in [-0.39, 0.29) is 24.3 Å². The van der Waals surface area contributed by atoms with Crippen molar-refractivity contribution in [1.29, 1.82) is 0 Å². The molecule has 0 radical (unpaired) electrons. The zero-order chi connectivity index (χ0) is 14.3. The predicted octanol–water partition coefficient (Wildman–Crippen LogP) is 1.73. The van der Waals surface area contributed by atoms with Gasteiger partial charge in [-0.1, -0.05) is 13.0 Å². The molecule has 2 N–H and O–H groups in total. The van der Waals surface area contributed by atoms with E-state index in [1.807, 2.05) is 6.92 Å². The van der Waals surface area contributed by atoms with Crippen LogP contribution in [-0.2, 0) is 4.79 Å². The minimum atomic E-state index is -0.480. The molecule has 0 aliphatic carbocycles. The van der Waals surface area contributed by atoms with E-state index in [9.17, 15) is 9.18 Å². The number of nitrogens with one attached hydrogen (secondary N) is 1. The van der Waals surface area contributed by atoms with Crippen LogP contribution in [0.3, 0.4) is 0 Å². The summed E-state index contributed by atoms with van der Waals surface area (Å²) in [5.74, 6) is -0.642. The number of ether oxygens (including phenoxy) is 1. The monoisotopic (exact) mass is 267 g/mol. The van der Waals surface area contributed by atoms with Gasteiger partial charge in [0.2, 0.25) is 5.91 Å². The Morgan fingerprint density at radius 2 is 2.32 bits per heavy atom. The first-order valence-electron chi connectivity index (χ1n) is 6.03. The van der Waals surface area contributed by atoms with Gasteiger partial charge in [-0.2, -0.15) is 0 Å². The topological polar surface area (TPSA) is 58.6 Å². The highest BCUT2D eigenvalue weighted by Crippen LogP contribution is 2.18. The van der Waals surface area contributed by atoms with Crippen LogP contribution in [0.2, 0.25) is 0 Å². The second kappa shape index (κ2) is 7.53. The maximum Gasteiger partial charge on any atom is 0.244 e. The number of benzene rings is 1. The molecule has 4 nitrogen and oxygen atoms in total. The van der Waals surface area contributed by atoms with Crippen molar-refractivity contribution in [1.82, 2.24) is 5.32 Å². The molecule has 1 rings (SSSR count). The first kappa shape index (κ1) is 15.2. The summed E-state index contributed by atoms with van der Waals surface area (Å²) in [5, 5.41) is 11.6. The first-order valence-corrected chi connectivity index (χ1v) is 6.03. The van der Waals surface area contributed by atoms with Gasteiger partial charge in [0.15, 0.2) is 11.6 Å². The van der Waals surface area contributed by atoms with Crippen LogP contribution in [0, 0.1) is 5.82 Å². The van der Waals surface area contributed by atoms with E-state index >= 15 is 0 Å². The van der Waals surface area contributed by atoms with Gasteiger partial charge < -0.3 is 15.2 Å². The number of methoxy groups -OCH3 is 1. The van der Waals surface area contributed by atoms with Crippen molar-refractivity contribution in [3.8, 4) is 5.75 Å². The quantitative estimate of drug-likeness (QED) is 0.772. The molecule has 5 heteroatoms. The van der Waals surface area contributed by atoms with Crippen LogP contribution >= 0.6 is 0 Å². The lowest BCUT2D eigenvalue weighted by Crippen LogP contribution is -2.35. The van der Waals surface area contributed by atoms with Crippen molar-refractivity contribution in [2.24, 2.45) is 0 Å².